The zero-order valence-corrected chi connectivity index (χ0v) is 14.4. The smallest absolute Gasteiger partial charge is 0.282 e. The predicted molar refractivity (Wildman–Crippen MR) is 104 cm³/mol. The molecule has 0 spiro atoms. The highest BCUT2D eigenvalue weighted by Crippen LogP contribution is 2.29. The fraction of sp³-hybridized carbons (Fsp3) is 0.0500. The Balaban J connectivity index is 1.69. The largest absolute Gasteiger partial charge is 0.321 e. The van der Waals surface area contributed by atoms with Gasteiger partial charge < -0.3 is 4.90 Å². The lowest BCUT2D eigenvalue weighted by Crippen LogP contribution is -2.15. The number of benzene rings is 2. The molecule has 0 atom stereocenters. The van der Waals surface area contributed by atoms with Crippen LogP contribution in [0.15, 0.2) is 77.7 Å². The number of pyridine rings is 1. The zero-order valence-electron chi connectivity index (χ0n) is 13.6. The molecule has 0 aliphatic carbocycles. The van der Waals surface area contributed by atoms with Crippen LogP contribution in [0.5, 0.6) is 0 Å². The van der Waals surface area contributed by atoms with E-state index in [1.165, 1.54) is 16.9 Å². The summed E-state index contributed by atoms with van der Waals surface area (Å²) in [6.45, 7) is 0. The quantitative estimate of drug-likeness (QED) is 0.549. The highest BCUT2D eigenvalue weighted by atomic mass is 32.1. The van der Waals surface area contributed by atoms with E-state index in [4.69, 9.17) is 0 Å². The van der Waals surface area contributed by atoms with Crippen LogP contribution in [0.4, 0.5) is 10.8 Å². The molecule has 0 amide bonds. The third-order valence-electron chi connectivity index (χ3n) is 4.04. The van der Waals surface area contributed by atoms with Crippen LogP contribution in [0.25, 0.3) is 21.3 Å². The Morgan fingerprint density at radius 3 is 2.36 bits per heavy atom. The Labute approximate surface area is 149 Å². The summed E-state index contributed by atoms with van der Waals surface area (Å²) in [7, 11) is 1.91. The number of anilines is 2. The van der Waals surface area contributed by atoms with Crippen LogP contribution in [0, 0.1) is 0 Å². The van der Waals surface area contributed by atoms with Crippen molar-refractivity contribution in [1.82, 2.24) is 9.97 Å². The second kappa shape index (κ2) is 6.45. The van der Waals surface area contributed by atoms with E-state index in [1.807, 2.05) is 42.3 Å². The van der Waals surface area contributed by atoms with E-state index in [1.54, 1.807) is 18.3 Å². The highest BCUT2D eigenvalue weighted by Gasteiger charge is 2.11. The molecule has 0 saturated carbocycles. The molecule has 0 unspecified atom stereocenters. The minimum atomic E-state index is -0.246. The third-order valence-corrected chi connectivity index (χ3v) is 5.10. The molecule has 0 bridgehead atoms. The highest BCUT2D eigenvalue weighted by molar-refractivity contribution is 7.21. The second-order valence-electron chi connectivity index (χ2n) is 5.63. The van der Waals surface area contributed by atoms with Gasteiger partial charge in [-0.2, -0.15) is 4.98 Å². The van der Waals surface area contributed by atoms with Gasteiger partial charge in [-0.15, -0.1) is 0 Å². The predicted octanol–water partition coefficient (Wildman–Crippen LogP) is 4.49. The summed E-state index contributed by atoms with van der Waals surface area (Å²) in [5.41, 5.74) is 3.05. The minimum Gasteiger partial charge on any atom is -0.321 e. The van der Waals surface area contributed by atoms with Crippen LogP contribution in [0.2, 0.25) is 0 Å². The topological polar surface area (TPSA) is 46.1 Å². The van der Waals surface area contributed by atoms with Gasteiger partial charge in [-0.1, -0.05) is 53.8 Å². The molecule has 0 fully saturated rings. The summed E-state index contributed by atoms with van der Waals surface area (Å²) >= 11 is 1.41. The number of rotatable bonds is 3. The van der Waals surface area contributed by atoms with Crippen molar-refractivity contribution in [3.05, 3.63) is 83.3 Å². The Morgan fingerprint density at radius 1 is 0.880 bits per heavy atom. The van der Waals surface area contributed by atoms with Crippen molar-refractivity contribution in [1.29, 1.82) is 0 Å². The van der Waals surface area contributed by atoms with Gasteiger partial charge in [-0.3, -0.25) is 4.79 Å². The maximum atomic E-state index is 12.2. The first-order valence-electron chi connectivity index (χ1n) is 7.87. The van der Waals surface area contributed by atoms with Gasteiger partial charge >= 0.3 is 0 Å². The monoisotopic (exact) mass is 345 g/mol. The number of nitrogens with zero attached hydrogens (tertiary/aromatic N) is 3. The normalized spacial score (nSPS) is 10.8. The van der Waals surface area contributed by atoms with Crippen LogP contribution >= 0.6 is 11.3 Å². The van der Waals surface area contributed by atoms with Gasteiger partial charge in [-0.25, -0.2) is 4.98 Å². The van der Waals surface area contributed by atoms with Gasteiger partial charge in [0.2, 0.25) is 0 Å². The molecular weight excluding hydrogens is 330 g/mol. The molecule has 0 aliphatic heterocycles. The van der Waals surface area contributed by atoms with E-state index >= 15 is 0 Å². The first-order valence-corrected chi connectivity index (χ1v) is 8.69. The first-order chi connectivity index (χ1) is 12.2. The number of hydrogen-bond donors (Lipinski definition) is 0. The van der Waals surface area contributed by atoms with Gasteiger partial charge in [0.25, 0.3) is 5.56 Å². The lowest BCUT2D eigenvalue weighted by atomic mass is 10.1. The van der Waals surface area contributed by atoms with Crippen LogP contribution in [0.1, 0.15) is 0 Å². The average molecular weight is 345 g/mol. The summed E-state index contributed by atoms with van der Waals surface area (Å²) < 4.78 is 0. The summed E-state index contributed by atoms with van der Waals surface area (Å²) in [5, 5.41) is 1.19. The molecule has 5 heteroatoms. The van der Waals surface area contributed by atoms with Crippen molar-refractivity contribution in [3.63, 3.8) is 0 Å². The SMILES string of the molecule is CN(c1ccc(-c2ccccc2)cc1)c1nc(=O)c2cccnc2s1. The molecule has 4 rings (SSSR count). The van der Waals surface area contributed by atoms with Gasteiger partial charge in [0.1, 0.15) is 4.83 Å². The molecule has 25 heavy (non-hydrogen) atoms. The van der Waals surface area contributed by atoms with Crippen LogP contribution in [-0.4, -0.2) is 17.0 Å². The molecular formula is C20H15N3OS. The summed E-state index contributed by atoms with van der Waals surface area (Å²) in [6.07, 6.45) is 1.69. The van der Waals surface area contributed by atoms with Crippen molar-refractivity contribution < 1.29 is 0 Å². The van der Waals surface area contributed by atoms with Gasteiger partial charge in [0.15, 0.2) is 5.13 Å². The summed E-state index contributed by atoms with van der Waals surface area (Å²) in [5.74, 6) is 0. The van der Waals surface area contributed by atoms with Gasteiger partial charge in [-0.05, 0) is 35.4 Å². The van der Waals surface area contributed by atoms with Crippen molar-refractivity contribution in [2.24, 2.45) is 0 Å². The van der Waals surface area contributed by atoms with Crippen LogP contribution < -0.4 is 10.5 Å². The number of hydrogen-bond acceptors (Lipinski definition) is 5. The Hall–Kier alpha value is -3.05. The Morgan fingerprint density at radius 2 is 1.60 bits per heavy atom. The fourth-order valence-corrected chi connectivity index (χ4v) is 3.58. The average Bonchev–Trinajstić information content (AvgIpc) is 2.68. The van der Waals surface area contributed by atoms with Crippen molar-refractivity contribution in [3.8, 4) is 11.1 Å². The summed E-state index contributed by atoms with van der Waals surface area (Å²) in [4.78, 5) is 23.3. The van der Waals surface area contributed by atoms with Crippen molar-refractivity contribution >= 4 is 32.4 Å². The van der Waals surface area contributed by atoms with E-state index in [0.717, 1.165) is 11.3 Å². The van der Waals surface area contributed by atoms with Crippen molar-refractivity contribution in [2.45, 2.75) is 0 Å². The molecule has 4 nitrogen and oxygen atoms in total. The standard InChI is InChI=1S/C20H15N3OS/c1-23(20-22-18(24)17-8-5-13-21-19(17)25-20)16-11-9-15(10-12-16)14-6-3-2-4-7-14/h2-13H,1H3. The van der Waals surface area contributed by atoms with E-state index in [9.17, 15) is 4.79 Å². The number of aromatic nitrogens is 2. The first kappa shape index (κ1) is 15.5. The fourth-order valence-electron chi connectivity index (χ4n) is 2.65. The third kappa shape index (κ3) is 3.02. The molecule has 0 saturated heterocycles. The molecule has 0 aliphatic rings. The number of fused-ring (bicyclic) bond motifs is 1. The van der Waals surface area contributed by atoms with E-state index < -0.39 is 0 Å². The van der Waals surface area contributed by atoms with E-state index in [0.29, 0.717) is 15.3 Å². The molecule has 2 aromatic heterocycles. The molecule has 2 heterocycles. The molecule has 2 aromatic carbocycles. The lowest BCUT2D eigenvalue weighted by molar-refractivity contribution is 1.14. The van der Waals surface area contributed by atoms with Crippen LogP contribution in [0.3, 0.4) is 0 Å². The molecule has 0 N–H and O–H groups in total. The second-order valence-corrected chi connectivity index (χ2v) is 6.59. The molecule has 0 radical (unpaired) electrons. The maximum Gasteiger partial charge on any atom is 0.282 e. The van der Waals surface area contributed by atoms with Crippen LogP contribution in [-0.2, 0) is 0 Å². The summed E-state index contributed by atoms with van der Waals surface area (Å²) in [6, 6.07) is 21.9. The van der Waals surface area contributed by atoms with Gasteiger partial charge in [0.05, 0.1) is 5.39 Å². The molecule has 122 valence electrons. The minimum absolute atomic E-state index is 0.246. The molecule has 4 aromatic rings. The maximum absolute atomic E-state index is 12.2. The van der Waals surface area contributed by atoms with Gasteiger partial charge in [0, 0.05) is 18.9 Å². The van der Waals surface area contributed by atoms with E-state index in [-0.39, 0.29) is 5.56 Å². The van der Waals surface area contributed by atoms with Crippen molar-refractivity contribution in [2.75, 3.05) is 11.9 Å². The Kier molecular flexibility index (Phi) is 3.99. The zero-order chi connectivity index (χ0) is 17.2. The Bertz CT molecular complexity index is 1080. The van der Waals surface area contributed by atoms with E-state index in [2.05, 4.69) is 34.2 Å². The lowest BCUT2D eigenvalue weighted by Gasteiger charge is -2.17.